The largest absolute Gasteiger partial charge is 0.492 e. The van der Waals surface area contributed by atoms with Gasteiger partial charge in [0.2, 0.25) is 0 Å². The Bertz CT molecular complexity index is 2310. The van der Waals surface area contributed by atoms with Crippen molar-refractivity contribution in [3.8, 4) is 16.9 Å². The summed E-state index contributed by atoms with van der Waals surface area (Å²) in [4.78, 5) is 21.0. The Balaban J connectivity index is 1.05. The lowest BCUT2D eigenvalue weighted by Gasteiger charge is -2.35. The van der Waals surface area contributed by atoms with Gasteiger partial charge in [0.15, 0.2) is 11.5 Å². The molecule has 1 aliphatic heterocycles. The summed E-state index contributed by atoms with van der Waals surface area (Å²) in [5.41, 5.74) is -1.40. The number of amides is 1. The summed E-state index contributed by atoms with van der Waals surface area (Å²) in [6.45, 7) is 4.31. The predicted molar refractivity (Wildman–Crippen MR) is 207 cm³/mol. The Morgan fingerprint density at radius 2 is 1.60 bits per heavy atom. The SMILES string of the molecule is CCOc1cncc(-c2cc(CN3CCN(c4ccc(C(=O)NS(=O)(=O)c5ccc(NCCSc6ccccc6)c(C(F)(F)F)c5)nn4)CC3)cc(C(F)(F)F)c2)c1. The monoisotopic (exact) mass is 845 g/mol. The summed E-state index contributed by atoms with van der Waals surface area (Å²) in [6, 6.07) is 20.0. The molecule has 1 fully saturated rings. The van der Waals surface area contributed by atoms with E-state index in [9.17, 15) is 39.6 Å². The van der Waals surface area contributed by atoms with Crippen LogP contribution in [0.15, 0.2) is 107 Å². The first kappa shape index (κ1) is 42.2. The van der Waals surface area contributed by atoms with Gasteiger partial charge in [-0.05, 0) is 84.8 Å². The van der Waals surface area contributed by atoms with E-state index in [1.807, 2.05) is 40.1 Å². The Morgan fingerprint density at radius 1 is 0.845 bits per heavy atom. The van der Waals surface area contributed by atoms with Gasteiger partial charge in [-0.2, -0.15) is 26.3 Å². The number of carbonyl (C=O) groups excluding carboxylic acids is 1. The molecule has 58 heavy (non-hydrogen) atoms. The van der Waals surface area contributed by atoms with Crippen LogP contribution in [-0.4, -0.2) is 79.5 Å². The fourth-order valence-electron chi connectivity index (χ4n) is 6.13. The average molecular weight is 846 g/mol. The highest BCUT2D eigenvalue weighted by Crippen LogP contribution is 2.37. The number of pyridine rings is 1. The van der Waals surface area contributed by atoms with E-state index in [-0.39, 0.29) is 18.8 Å². The van der Waals surface area contributed by atoms with Crippen LogP contribution in [0.3, 0.4) is 0 Å². The van der Waals surface area contributed by atoms with Crippen LogP contribution in [-0.2, 0) is 28.9 Å². The summed E-state index contributed by atoms with van der Waals surface area (Å²) in [5, 5.41) is 10.6. The van der Waals surface area contributed by atoms with E-state index in [4.69, 9.17) is 4.74 Å². The van der Waals surface area contributed by atoms with Crippen molar-refractivity contribution >= 4 is 39.2 Å². The summed E-state index contributed by atoms with van der Waals surface area (Å²) >= 11 is 1.44. The maximum absolute atomic E-state index is 14.0. The van der Waals surface area contributed by atoms with Crippen molar-refractivity contribution in [1.82, 2.24) is 24.8 Å². The Morgan fingerprint density at radius 3 is 2.28 bits per heavy atom. The number of hydrogen-bond donors (Lipinski definition) is 2. The second-order valence-corrected chi connectivity index (χ2v) is 15.9. The number of benzene rings is 3. The van der Waals surface area contributed by atoms with E-state index in [1.54, 1.807) is 23.8 Å². The molecule has 0 aliphatic carbocycles. The first-order valence-electron chi connectivity index (χ1n) is 17.9. The minimum absolute atomic E-state index is 0.167. The molecular formula is C39H37F6N7O4S2. The van der Waals surface area contributed by atoms with E-state index < -0.39 is 50.0 Å². The van der Waals surface area contributed by atoms with Gasteiger partial charge >= 0.3 is 12.4 Å². The van der Waals surface area contributed by atoms with Gasteiger partial charge < -0.3 is 15.0 Å². The van der Waals surface area contributed by atoms with Crippen molar-refractivity contribution < 1.29 is 44.3 Å². The van der Waals surface area contributed by atoms with Gasteiger partial charge in [0.1, 0.15) is 5.75 Å². The number of sulfonamides is 1. The quantitative estimate of drug-likeness (QED) is 0.0651. The van der Waals surface area contributed by atoms with Crippen molar-refractivity contribution in [2.45, 2.75) is 35.6 Å². The van der Waals surface area contributed by atoms with E-state index in [1.165, 1.54) is 36.3 Å². The molecule has 3 aromatic carbocycles. The number of ether oxygens (including phenoxy) is 1. The molecule has 5 aromatic rings. The minimum Gasteiger partial charge on any atom is -0.492 e. The second-order valence-electron chi connectivity index (χ2n) is 13.0. The van der Waals surface area contributed by atoms with E-state index in [0.29, 0.717) is 72.9 Å². The Labute approximate surface area is 334 Å². The normalized spacial score (nSPS) is 13.9. The molecule has 0 spiro atoms. The zero-order valence-corrected chi connectivity index (χ0v) is 32.5. The van der Waals surface area contributed by atoms with Gasteiger partial charge in [-0.15, -0.1) is 22.0 Å². The van der Waals surface area contributed by atoms with Gasteiger partial charge in [0.05, 0.1) is 28.8 Å². The standard InChI is InChI=1S/C39H37F6N7O4S2/c1-2-56-30-21-28(23-46-24-30)27-18-26(19-29(20-27)38(40,41)42)25-51-13-15-52(16-14-51)36-11-10-35(48-49-36)37(53)50-58(54,55)32-8-9-34(33(22-32)39(43,44)45)47-12-17-57-31-6-4-3-5-7-31/h3-11,18-24,47H,2,12-17,25H2,1H3,(H,50,53). The van der Waals surface area contributed by atoms with Crippen LogP contribution in [0.25, 0.3) is 11.1 Å². The molecule has 11 nitrogen and oxygen atoms in total. The number of halogens is 6. The fraction of sp³-hybridized carbons (Fsp3) is 0.282. The van der Waals surface area contributed by atoms with Crippen molar-refractivity contribution in [3.05, 3.63) is 120 Å². The van der Waals surface area contributed by atoms with Crippen LogP contribution in [0.5, 0.6) is 5.75 Å². The van der Waals surface area contributed by atoms with Crippen LogP contribution >= 0.6 is 11.8 Å². The molecule has 1 amide bonds. The molecule has 1 aliphatic rings. The lowest BCUT2D eigenvalue weighted by atomic mass is 10.00. The van der Waals surface area contributed by atoms with Crippen molar-refractivity contribution in [3.63, 3.8) is 0 Å². The van der Waals surface area contributed by atoms with E-state index in [0.717, 1.165) is 29.2 Å². The van der Waals surface area contributed by atoms with Crippen molar-refractivity contribution in [2.24, 2.45) is 0 Å². The van der Waals surface area contributed by atoms with Crippen LogP contribution in [0.4, 0.5) is 37.8 Å². The maximum Gasteiger partial charge on any atom is 0.418 e. The molecule has 0 bridgehead atoms. The highest BCUT2D eigenvalue weighted by Gasteiger charge is 2.36. The van der Waals surface area contributed by atoms with E-state index >= 15 is 0 Å². The van der Waals surface area contributed by atoms with Crippen LogP contribution < -0.4 is 19.7 Å². The zero-order valence-electron chi connectivity index (χ0n) is 30.8. The number of anilines is 2. The third-order valence-electron chi connectivity index (χ3n) is 8.93. The molecule has 2 N–H and O–H groups in total. The van der Waals surface area contributed by atoms with Gasteiger partial charge in [0.25, 0.3) is 15.9 Å². The van der Waals surface area contributed by atoms with Crippen LogP contribution in [0, 0.1) is 0 Å². The Hall–Kier alpha value is -5.40. The second kappa shape index (κ2) is 18.0. The number of hydrogen-bond acceptors (Lipinski definition) is 11. The third-order valence-corrected chi connectivity index (χ3v) is 11.3. The maximum atomic E-state index is 14.0. The number of nitrogens with one attached hydrogen (secondary N) is 2. The number of alkyl halides is 6. The zero-order chi connectivity index (χ0) is 41.5. The molecule has 0 unspecified atom stereocenters. The molecule has 0 atom stereocenters. The first-order valence-corrected chi connectivity index (χ1v) is 20.4. The number of aromatic nitrogens is 3. The molecule has 0 radical (unpaired) electrons. The average Bonchev–Trinajstić information content (AvgIpc) is 3.19. The van der Waals surface area contributed by atoms with Gasteiger partial charge in [-0.1, -0.05) is 18.2 Å². The molecule has 19 heteroatoms. The topological polar surface area (TPSA) is 130 Å². The van der Waals surface area contributed by atoms with Crippen LogP contribution in [0.1, 0.15) is 34.1 Å². The van der Waals surface area contributed by atoms with Crippen molar-refractivity contribution in [1.29, 1.82) is 0 Å². The minimum atomic E-state index is -4.89. The molecule has 2 aromatic heterocycles. The number of piperazine rings is 1. The van der Waals surface area contributed by atoms with E-state index in [2.05, 4.69) is 20.5 Å². The van der Waals surface area contributed by atoms with Crippen molar-refractivity contribution in [2.75, 3.05) is 55.3 Å². The van der Waals surface area contributed by atoms with Crippen LogP contribution in [0.2, 0.25) is 0 Å². The summed E-state index contributed by atoms with van der Waals surface area (Å²) in [7, 11) is -4.75. The number of rotatable bonds is 14. The number of thioether (sulfide) groups is 1. The first-order chi connectivity index (χ1) is 27.6. The predicted octanol–water partition coefficient (Wildman–Crippen LogP) is 7.62. The number of carbonyl (C=O) groups is 1. The lowest BCUT2D eigenvalue weighted by Crippen LogP contribution is -2.46. The van der Waals surface area contributed by atoms with Gasteiger partial charge in [-0.3, -0.25) is 14.7 Å². The lowest BCUT2D eigenvalue weighted by molar-refractivity contribution is -0.138. The number of nitrogens with zero attached hydrogens (tertiary/aromatic N) is 5. The molecule has 0 saturated carbocycles. The highest BCUT2D eigenvalue weighted by molar-refractivity contribution is 7.99. The third kappa shape index (κ3) is 11.0. The highest BCUT2D eigenvalue weighted by atomic mass is 32.2. The van der Waals surface area contributed by atoms with Gasteiger partial charge in [0, 0.05) is 67.4 Å². The fourth-order valence-corrected chi connectivity index (χ4v) is 7.90. The molecule has 3 heterocycles. The molecule has 1 saturated heterocycles. The Kier molecular flexibility index (Phi) is 13.1. The molecule has 306 valence electrons. The smallest absolute Gasteiger partial charge is 0.418 e. The molecular weight excluding hydrogens is 809 g/mol. The summed E-state index contributed by atoms with van der Waals surface area (Å²) in [6.07, 6.45) is -6.49. The summed E-state index contributed by atoms with van der Waals surface area (Å²) in [5.74, 6) is 0.0577. The molecule has 6 rings (SSSR count). The summed E-state index contributed by atoms with van der Waals surface area (Å²) < 4.78 is 117. The van der Waals surface area contributed by atoms with Gasteiger partial charge in [-0.25, -0.2) is 13.1 Å².